The van der Waals surface area contributed by atoms with Gasteiger partial charge in [0.2, 0.25) is 0 Å². The lowest BCUT2D eigenvalue weighted by Gasteiger charge is -2.09. The van der Waals surface area contributed by atoms with E-state index in [4.69, 9.17) is 0 Å². The summed E-state index contributed by atoms with van der Waals surface area (Å²) in [5.74, 6) is 1.38. The first kappa shape index (κ1) is 18.9. The van der Waals surface area contributed by atoms with E-state index in [1.807, 2.05) is 25.1 Å². The van der Waals surface area contributed by atoms with E-state index in [0.29, 0.717) is 11.8 Å². The smallest absolute Gasteiger partial charge is 0.192 e. The third-order valence-electron chi connectivity index (χ3n) is 5.17. The molecule has 3 aromatic heterocycles. The number of hydrogen-bond donors (Lipinski definition) is 0. The summed E-state index contributed by atoms with van der Waals surface area (Å²) in [5, 5.41) is 9.62. The van der Waals surface area contributed by atoms with Crippen LogP contribution in [0.15, 0.2) is 35.7 Å². The quantitative estimate of drug-likeness (QED) is 0.416. The molecule has 1 aliphatic carbocycles. The zero-order valence-corrected chi connectivity index (χ0v) is 17.4. The first-order chi connectivity index (χ1) is 13.6. The van der Waals surface area contributed by atoms with E-state index < -0.39 is 0 Å². The zero-order chi connectivity index (χ0) is 19.7. The Morgan fingerprint density at radius 3 is 2.64 bits per heavy atom. The molecule has 0 aliphatic heterocycles. The average Bonchev–Trinajstić information content (AvgIpc) is 3.40. The van der Waals surface area contributed by atoms with Crippen LogP contribution in [0.5, 0.6) is 0 Å². The van der Waals surface area contributed by atoms with Crippen molar-refractivity contribution >= 4 is 17.5 Å². The number of carbonyl (C=O) groups excluding carboxylic acids is 1. The van der Waals surface area contributed by atoms with Gasteiger partial charge in [0.25, 0.3) is 0 Å². The van der Waals surface area contributed by atoms with Gasteiger partial charge in [0, 0.05) is 47.5 Å². The fraction of sp³-hybridized carbons (Fsp3) is 0.429. The van der Waals surface area contributed by atoms with Crippen molar-refractivity contribution in [1.82, 2.24) is 24.3 Å². The number of aryl methyl sites for hydroxylation is 1. The van der Waals surface area contributed by atoms with E-state index in [2.05, 4.69) is 38.2 Å². The summed E-state index contributed by atoms with van der Waals surface area (Å²) in [6, 6.07) is 6.35. The van der Waals surface area contributed by atoms with Gasteiger partial charge in [-0.05, 0) is 51.3 Å². The molecule has 0 saturated heterocycles. The lowest BCUT2D eigenvalue weighted by Crippen LogP contribution is -2.07. The fourth-order valence-corrected chi connectivity index (χ4v) is 4.48. The molecule has 3 heterocycles. The first-order valence-corrected chi connectivity index (χ1v) is 10.8. The van der Waals surface area contributed by atoms with Crippen LogP contribution in [0.2, 0.25) is 0 Å². The van der Waals surface area contributed by atoms with Crippen molar-refractivity contribution in [3.63, 3.8) is 0 Å². The van der Waals surface area contributed by atoms with Gasteiger partial charge in [0.1, 0.15) is 0 Å². The molecular weight excluding hydrogens is 370 g/mol. The molecule has 4 rings (SSSR count). The third kappa shape index (κ3) is 3.63. The second-order valence-electron chi connectivity index (χ2n) is 7.29. The summed E-state index contributed by atoms with van der Waals surface area (Å²) in [5.41, 5.74) is 4.04. The summed E-state index contributed by atoms with van der Waals surface area (Å²) < 4.78 is 4.42. The number of ketones is 1. The highest BCUT2D eigenvalue weighted by atomic mass is 32.2. The lowest BCUT2D eigenvalue weighted by molar-refractivity contribution is 0.102. The van der Waals surface area contributed by atoms with E-state index in [-0.39, 0.29) is 5.78 Å². The largest absolute Gasteiger partial charge is 0.348 e. The molecule has 0 amide bonds. The van der Waals surface area contributed by atoms with Crippen LogP contribution in [0.25, 0.3) is 11.4 Å². The molecule has 3 aromatic rings. The molecule has 0 bridgehead atoms. The third-order valence-corrected chi connectivity index (χ3v) is 6.11. The highest BCUT2D eigenvalue weighted by Crippen LogP contribution is 2.41. The number of aromatic nitrogens is 5. The molecule has 1 aliphatic rings. The van der Waals surface area contributed by atoms with E-state index in [0.717, 1.165) is 59.3 Å². The molecule has 0 atom stereocenters. The van der Waals surface area contributed by atoms with Crippen molar-refractivity contribution in [3.05, 3.63) is 47.5 Å². The van der Waals surface area contributed by atoms with E-state index >= 15 is 0 Å². The summed E-state index contributed by atoms with van der Waals surface area (Å²) in [4.78, 5) is 17.0. The summed E-state index contributed by atoms with van der Waals surface area (Å²) in [6.07, 6.45) is 6.86. The SMILES string of the molecule is CCCn1c(C)cc(C(=O)CSc2nnc(-c3ccncc3)n2C2CC2)c1C. The second-order valence-corrected chi connectivity index (χ2v) is 8.23. The second kappa shape index (κ2) is 7.91. The van der Waals surface area contributed by atoms with Gasteiger partial charge < -0.3 is 4.57 Å². The predicted molar refractivity (Wildman–Crippen MR) is 111 cm³/mol. The molecule has 0 radical (unpaired) electrons. The van der Waals surface area contributed by atoms with Crippen LogP contribution in [-0.2, 0) is 6.54 Å². The Morgan fingerprint density at radius 2 is 1.96 bits per heavy atom. The first-order valence-electron chi connectivity index (χ1n) is 9.78. The number of nitrogens with zero attached hydrogens (tertiary/aromatic N) is 5. The van der Waals surface area contributed by atoms with Gasteiger partial charge in [-0.25, -0.2) is 0 Å². The van der Waals surface area contributed by atoms with Crippen molar-refractivity contribution < 1.29 is 4.79 Å². The average molecular weight is 396 g/mol. The predicted octanol–water partition coefficient (Wildman–Crippen LogP) is 4.48. The van der Waals surface area contributed by atoms with E-state index in [1.165, 1.54) is 11.8 Å². The van der Waals surface area contributed by atoms with Gasteiger partial charge in [-0.3, -0.25) is 14.3 Å². The highest BCUT2D eigenvalue weighted by Gasteiger charge is 2.30. The van der Waals surface area contributed by atoms with Gasteiger partial charge in [0.15, 0.2) is 16.8 Å². The molecule has 0 aromatic carbocycles. The molecule has 146 valence electrons. The Balaban J connectivity index is 1.54. The van der Waals surface area contributed by atoms with Crippen LogP contribution >= 0.6 is 11.8 Å². The number of Topliss-reactive ketones (excluding diaryl/α,β-unsaturated/α-hetero) is 1. The molecule has 0 spiro atoms. The minimum Gasteiger partial charge on any atom is -0.348 e. The van der Waals surface area contributed by atoms with Gasteiger partial charge in [-0.1, -0.05) is 18.7 Å². The van der Waals surface area contributed by atoms with Crippen molar-refractivity contribution in [3.8, 4) is 11.4 Å². The molecule has 0 N–H and O–H groups in total. The number of hydrogen-bond acceptors (Lipinski definition) is 5. The highest BCUT2D eigenvalue weighted by molar-refractivity contribution is 7.99. The Morgan fingerprint density at radius 1 is 1.21 bits per heavy atom. The van der Waals surface area contributed by atoms with Crippen LogP contribution < -0.4 is 0 Å². The maximum atomic E-state index is 12.9. The normalized spacial score (nSPS) is 13.8. The Hall–Kier alpha value is -2.41. The number of rotatable bonds is 8. The molecule has 28 heavy (non-hydrogen) atoms. The topological polar surface area (TPSA) is 65.6 Å². The molecule has 1 saturated carbocycles. The van der Waals surface area contributed by atoms with Gasteiger partial charge >= 0.3 is 0 Å². The Kier molecular flexibility index (Phi) is 5.35. The zero-order valence-electron chi connectivity index (χ0n) is 16.6. The Labute approximate surface area is 169 Å². The maximum Gasteiger partial charge on any atom is 0.192 e. The monoisotopic (exact) mass is 395 g/mol. The summed E-state index contributed by atoms with van der Waals surface area (Å²) >= 11 is 1.49. The van der Waals surface area contributed by atoms with Crippen LogP contribution in [0.1, 0.15) is 54.0 Å². The van der Waals surface area contributed by atoms with Crippen LogP contribution in [0.4, 0.5) is 0 Å². The lowest BCUT2D eigenvalue weighted by atomic mass is 10.2. The fourth-order valence-electron chi connectivity index (χ4n) is 3.59. The van der Waals surface area contributed by atoms with E-state index in [1.54, 1.807) is 12.4 Å². The molecule has 6 nitrogen and oxygen atoms in total. The molecule has 0 unspecified atom stereocenters. The van der Waals surface area contributed by atoms with E-state index in [9.17, 15) is 4.79 Å². The number of carbonyl (C=O) groups is 1. The van der Waals surface area contributed by atoms with Crippen molar-refractivity contribution in [2.24, 2.45) is 0 Å². The van der Waals surface area contributed by atoms with Crippen molar-refractivity contribution in [2.75, 3.05) is 5.75 Å². The van der Waals surface area contributed by atoms with Crippen molar-refractivity contribution in [1.29, 1.82) is 0 Å². The van der Waals surface area contributed by atoms with Gasteiger partial charge in [-0.15, -0.1) is 10.2 Å². The number of pyridine rings is 1. The summed E-state index contributed by atoms with van der Waals surface area (Å²) in [6.45, 7) is 7.21. The summed E-state index contributed by atoms with van der Waals surface area (Å²) in [7, 11) is 0. The van der Waals surface area contributed by atoms with Gasteiger partial charge in [0.05, 0.1) is 5.75 Å². The van der Waals surface area contributed by atoms with Crippen LogP contribution in [-0.4, -0.2) is 35.9 Å². The molecular formula is C21H25N5OS. The maximum absolute atomic E-state index is 12.9. The standard InChI is InChI=1S/C21H25N5OS/c1-4-11-25-14(2)12-18(15(25)3)19(27)13-28-21-24-23-20(26(21)17-5-6-17)16-7-9-22-10-8-16/h7-10,12,17H,4-6,11,13H2,1-3H3. The minimum atomic E-state index is 0.149. The minimum absolute atomic E-state index is 0.149. The van der Waals surface area contributed by atoms with Crippen LogP contribution in [0, 0.1) is 13.8 Å². The number of thioether (sulfide) groups is 1. The Bertz CT molecular complexity index is 988. The van der Waals surface area contributed by atoms with Crippen molar-refractivity contribution in [2.45, 2.75) is 57.8 Å². The molecule has 1 fully saturated rings. The van der Waals surface area contributed by atoms with Crippen LogP contribution in [0.3, 0.4) is 0 Å². The van der Waals surface area contributed by atoms with Gasteiger partial charge in [-0.2, -0.15) is 0 Å². The molecule has 7 heteroatoms.